The Balaban J connectivity index is 1.42. The Hall–Kier alpha value is -4.82. The summed E-state index contributed by atoms with van der Waals surface area (Å²) in [4.78, 5) is 2.27. The lowest BCUT2D eigenvalue weighted by molar-refractivity contribution is 0.750. The Labute approximate surface area is 257 Å². The zero-order valence-corrected chi connectivity index (χ0v) is 23.8. The topological polar surface area (TPSA) is 3.24 Å². The van der Waals surface area contributed by atoms with Crippen molar-refractivity contribution in [1.82, 2.24) is 0 Å². The van der Waals surface area contributed by atoms with Gasteiger partial charge in [0.15, 0.2) is 0 Å². The molecule has 2 aliphatic heterocycles. The van der Waals surface area contributed by atoms with Gasteiger partial charge in [-0.05, 0) is 105 Å². The Kier molecular flexibility index (Phi) is 4.20. The van der Waals surface area contributed by atoms with E-state index in [0.29, 0.717) is 0 Å². The van der Waals surface area contributed by atoms with Gasteiger partial charge in [-0.2, -0.15) is 0 Å². The predicted octanol–water partition coefficient (Wildman–Crippen LogP) is 6.88. The maximum absolute atomic E-state index is 9.78. The van der Waals surface area contributed by atoms with Crippen LogP contribution in [0.1, 0.15) is 48.6 Å². The van der Waals surface area contributed by atoms with Crippen molar-refractivity contribution >= 4 is 40.2 Å². The van der Waals surface area contributed by atoms with E-state index < -0.39 is 5.41 Å². The molecule has 0 radical (unpaired) electrons. The lowest BCUT2D eigenvalue weighted by atomic mass is 9.29. The third kappa shape index (κ3) is 3.03. The highest BCUT2D eigenvalue weighted by atomic mass is 15.2. The first kappa shape index (κ1) is 21.0. The molecule has 0 N–H and O–H groups in total. The van der Waals surface area contributed by atoms with Crippen LogP contribution >= 0.6 is 0 Å². The molecule has 4 aliphatic rings. The Bertz CT molecular complexity index is 2220. The van der Waals surface area contributed by atoms with Gasteiger partial charge < -0.3 is 4.90 Å². The van der Waals surface area contributed by atoms with Crippen molar-refractivity contribution in [2.75, 3.05) is 4.90 Å². The second-order valence-corrected chi connectivity index (χ2v) is 12.5. The van der Waals surface area contributed by atoms with Gasteiger partial charge in [-0.3, -0.25) is 0 Å². The molecule has 0 saturated heterocycles. The van der Waals surface area contributed by atoms with Crippen LogP contribution in [0.3, 0.4) is 0 Å². The van der Waals surface area contributed by atoms with E-state index in [1.54, 1.807) is 0 Å². The van der Waals surface area contributed by atoms with Crippen LogP contribution in [0, 0.1) is 0 Å². The van der Waals surface area contributed by atoms with Gasteiger partial charge in [0.25, 0.3) is 0 Å². The average molecular weight is 551 g/mol. The molecule has 6 aromatic carbocycles. The van der Waals surface area contributed by atoms with Gasteiger partial charge in [0, 0.05) is 17.1 Å². The fourth-order valence-corrected chi connectivity index (χ4v) is 8.39. The van der Waals surface area contributed by atoms with E-state index >= 15 is 0 Å². The van der Waals surface area contributed by atoms with Crippen LogP contribution < -0.4 is 21.3 Å². The average Bonchev–Trinajstić information content (AvgIpc) is 3.07. The molecule has 0 amide bonds. The highest BCUT2D eigenvalue weighted by Gasteiger charge is 2.51. The van der Waals surface area contributed by atoms with Crippen molar-refractivity contribution in [3.63, 3.8) is 0 Å². The summed E-state index contributed by atoms with van der Waals surface area (Å²) in [6.45, 7) is -0.153. The summed E-state index contributed by atoms with van der Waals surface area (Å²) in [5.74, 6) is 0. The van der Waals surface area contributed by atoms with Crippen LogP contribution in [-0.4, -0.2) is 6.71 Å². The monoisotopic (exact) mass is 550 g/mol. The van der Waals surface area contributed by atoms with Crippen LogP contribution in [-0.2, 0) is 31.1 Å². The SMILES string of the molecule is [2H]c1c([2H])c2c3c(c1[2H])C(c1ccccc1)(c1ccccc1)c1ccccc1B3c1cc3c(cc1N2c1ccc2c(c1)CC2)CC3. The van der Waals surface area contributed by atoms with Crippen molar-refractivity contribution in [2.45, 2.75) is 31.1 Å². The molecule has 1 nitrogen and oxygen atoms in total. The van der Waals surface area contributed by atoms with Gasteiger partial charge >= 0.3 is 0 Å². The number of hydrogen-bond donors (Lipinski definition) is 0. The summed E-state index contributed by atoms with van der Waals surface area (Å²) in [7, 11) is 0. The Morgan fingerprint density at radius 3 is 1.91 bits per heavy atom. The fraction of sp³-hybridized carbons (Fsp3) is 0.122. The van der Waals surface area contributed by atoms with E-state index in [4.69, 9.17) is 0 Å². The molecule has 0 aromatic heterocycles. The summed E-state index contributed by atoms with van der Waals surface area (Å²) in [6.07, 6.45) is 4.32. The number of aryl methyl sites for hydroxylation is 4. The minimum absolute atomic E-state index is 0.0237. The summed E-state index contributed by atoms with van der Waals surface area (Å²) in [5, 5.41) is 0. The van der Waals surface area contributed by atoms with Crippen molar-refractivity contribution in [2.24, 2.45) is 0 Å². The normalized spacial score (nSPS) is 17.1. The van der Waals surface area contributed by atoms with Crippen LogP contribution in [0.15, 0.2) is 133 Å². The van der Waals surface area contributed by atoms with E-state index in [2.05, 4.69) is 108 Å². The summed E-state index contributed by atoms with van der Waals surface area (Å²) < 4.78 is 28.8. The van der Waals surface area contributed by atoms with Crippen molar-refractivity contribution < 1.29 is 4.11 Å². The summed E-state index contributed by atoms with van der Waals surface area (Å²) in [6, 6.07) is 41.6. The minimum atomic E-state index is -0.844. The highest BCUT2D eigenvalue weighted by molar-refractivity contribution is 6.99. The third-order valence-corrected chi connectivity index (χ3v) is 10.5. The van der Waals surface area contributed by atoms with E-state index in [-0.39, 0.29) is 24.8 Å². The third-order valence-electron chi connectivity index (χ3n) is 10.5. The van der Waals surface area contributed by atoms with Crippen LogP contribution in [0.25, 0.3) is 0 Å². The molecule has 6 aromatic rings. The van der Waals surface area contributed by atoms with Gasteiger partial charge in [0.1, 0.15) is 0 Å². The second-order valence-electron chi connectivity index (χ2n) is 12.5. The molecule has 2 heteroatoms. The summed E-state index contributed by atoms with van der Waals surface area (Å²) >= 11 is 0. The molecule has 10 rings (SSSR count). The number of hydrogen-bond acceptors (Lipinski definition) is 1. The smallest absolute Gasteiger partial charge is 0.247 e. The molecule has 0 atom stereocenters. The second kappa shape index (κ2) is 8.61. The molecule has 0 saturated carbocycles. The van der Waals surface area contributed by atoms with Gasteiger partial charge in [0.05, 0.1) is 9.53 Å². The summed E-state index contributed by atoms with van der Waals surface area (Å²) in [5.41, 5.74) is 15.1. The molecule has 2 heterocycles. The van der Waals surface area contributed by atoms with Gasteiger partial charge in [0.2, 0.25) is 6.71 Å². The number of anilines is 3. The fourth-order valence-electron chi connectivity index (χ4n) is 8.39. The molecular weight excluding hydrogens is 517 g/mol. The number of fused-ring (bicyclic) bond motifs is 6. The number of nitrogens with zero attached hydrogens (tertiary/aromatic N) is 1. The van der Waals surface area contributed by atoms with E-state index in [1.807, 2.05) is 12.1 Å². The quantitative estimate of drug-likeness (QED) is 0.217. The molecule has 0 spiro atoms. The zero-order chi connectivity index (χ0) is 30.7. The first-order chi connectivity index (χ1) is 22.6. The highest BCUT2D eigenvalue weighted by Crippen LogP contribution is 2.49. The van der Waals surface area contributed by atoms with Crippen molar-refractivity contribution in [3.8, 4) is 0 Å². The maximum Gasteiger partial charge on any atom is 0.247 e. The molecule has 43 heavy (non-hydrogen) atoms. The molecule has 0 bridgehead atoms. The molecule has 0 unspecified atom stereocenters. The zero-order valence-electron chi connectivity index (χ0n) is 26.8. The van der Waals surface area contributed by atoms with Gasteiger partial charge in [-0.15, -0.1) is 0 Å². The Morgan fingerprint density at radius 2 is 1.21 bits per heavy atom. The maximum atomic E-state index is 9.78. The molecule has 0 fully saturated rings. The lowest BCUT2D eigenvalue weighted by Crippen LogP contribution is -2.65. The Morgan fingerprint density at radius 1 is 0.558 bits per heavy atom. The van der Waals surface area contributed by atoms with E-state index in [1.165, 1.54) is 33.2 Å². The molecule has 2 aliphatic carbocycles. The largest absolute Gasteiger partial charge is 0.311 e. The van der Waals surface area contributed by atoms with Crippen LogP contribution in [0.5, 0.6) is 0 Å². The van der Waals surface area contributed by atoms with Crippen LogP contribution in [0.2, 0.25) is 0 Å². The van der Waals surface area contributed by atoms with Crippen molar-refractivity contribution in [1.29, 1.82) is 0 Å². The van der Waals surface area contributed by atoms with Gasteiger partial charge in [-0.25, -0.2) is 0 Å². The predicted molar refractivity (Wildman–Crippen MR) is 179 cm³/mol. The van der Waals surface area contributed by atoms with E-state index in [0.717, 1.165) is 70.5 Å². The van der Waals surface area contributed by atoms with Crippen molar-refractivity contribution in [3.05, 3.63) is 178 Å². The molecule has 202 valence electrons. The number of benzene rings is 6. The standard InChI is InChI=1S/C41H30BN/c1-3-10-31(11-4-1)41(32-12-5-2-6-13-32)34-14-7-8-16-36(34)42-37-25-29-20-21-30(29)26-39(37)43(38-17-9-15-35(41)40(38)42)33-23-22-27-18-19-28(27)24-33/h1-17,22-26H,18-21H2/i9D,15D,17D. The first-order valence-corrected chi connectivity index (χ1v) is 15.5. The molecular formula is C41H30BN. The van der Waals surface area contributed by atoms with Crippen LogP contribution in [0.4, 0.5) is 17.1 Å². The number of rotatable bonds is 3. The minimum Gasteiger partial charge on any atom is -0.311 e. The lowest BCUT2D eigenvalue weighted by Gasteiger charge is -2.49. The van der Waals surface area contributed by atoms with Gasteiger partial charge in [-0.1, -0.05) is 115 Å². The van der Waals surface area contributed by atoms with E-state index in [9.17, 15) is 4.11 Å². The first-order valence-electron chi connectivity index (χ1n) is 17.0.